The van der Waals surface area contributed by atoms with Gasteiger partial charge >= 0.3 is 6.16 Å². The van der Waals surface area contributed by atoms with Gasteiger partial charge in [-0.05, 0) is 74.7 Å². The summed E-state index contributed by atoms with van der Waals surface area (Å²) < 4.78 is 9.62. The van der Waals surface area contributed by atoms with Crippen molar-refractivity contribution in [1.82, 2.24) is 0 Å². The first-order chi connectivity index (χ1) is 14.6. The standard InChI is InChI=1S/C24H34O7/c1-4-30-21(28)31-13-19(27)24(29)10-8-17-16-6-5-14-11-15(25)7-9-22(14,2)20(16)18(26)12-23(17,24)3/h11,16-18,20,26,29H,4-10,12-13H2,1-3H3/t16-,17-,18+,20+,22-,23-,24+/m0/s1. The number of rotatable bonds is 4. The number of fused-ring (bicyclic) bond motifs is 5. The van der Waals surface area contributed by atoms with E-state index in [0.717, 1.165) is 24.8 Å². The molecule has 0 aliphatic heterocycles. The van der Waals surface area contributed by atoms with Crippen molar-refractivity contribution in [2.24, 2.45) is 28.6 Å². The summed E-state index contributed by atoms with van der Waals surface area (Å²) in [4.78, 5) is 36.5. The number of aliphatic hydroxyl groups is 2. The highest BCUT2D eigenvalue weighted by molar-refractivity contribution is 5.92. The van der Waals surface area contributed by atoms with Gasteiger partial charge in [-0.2, -0.15) is 0 Å². The summed E-state index contributed by atoms with van der Waals surface area (Å²) in [7, 11) is 0. The zero-order valence-corrected chi connectivity index (χ0v) is 18.7. The van der Waals surface area contributed by atoms with Crippen molar-refractivity contribution in [1.29, 1.82) is 0 Å². The van der Waals surface area contributed by atoms with Crippen molar-refractivity contribution < 1.29 is 34.1 Å². The van der Waals surface area contributed by atoms with Crippen molar-refractivity contribution >= 4 is 17.7 Å². The van der Waals surface area contributed by atoms with Gasteiger partial charge in [0.15, 0.2) is 12.4 Å². The third kappa shape index (κ3) is 3.27. The molecule has 172 valence electrons. The molecule has 0 bridgehead atoms. The van der Waals surface area contributed by atoms with Crippen LogP contribution in [0.3, 0.4) is 0 Å². The van der Waals surface area contributed by atoms with Crippen LogP contribution in [-0.2, 0) is 19.1 Å². The predicted molar refractivity (Wildman–Crippen MR) is 111 cm³/mol. The highest BCUT2D eigenvalue weighted by atomic mass is 16.7. The van der Waals surface area contributed by atoms with Gasteiger partial charge in [-0.1, -0.05) is 19.4 Å². The summed E-state index contributed by atoms with van der Waals surface area (Å²) in [5.41, 5.74) is -1.49. The summed E-state index contributed by atoms with van der Waals surface area (Å²) in [6, 6.07) is 0. The van der Waals surface area contributed by atoms with Crippen LogP contribution in [0.2, 0.25) is 0 Å². The molecule has 0 aromatic carbocycles. The van der Waals surface area contributed by atoms with E-state index in [1.165, 1.54) is 0 Å². The van der Waals surface area contributed by atoms with E-state index in [0.29, 0.717) is 25.7 Å². The normalized spacial score (nSPS) is 43.9. The minimum atomic E-state index is -1.64. The van der Waals surface area contributed by atoms with Gasteiger partial charge in [0, 0.05) is 11.8 Å². The zero-order chi connectivity index (χ0) is 22.6. The number of hydrogen-bond donors (Lipinski definition) is 2. The maximum absolute atomic E-state index is 13.0. The number of allylic oxidation sites excluding steroid dienone is 1. The van der Waals surface area contributed by atoms with Crippen molar-refractivity contribution in [3.05, 3.63) is 11.6 Å². The van der Waals surface area contributed by atoms with Gasteiger partial charge in [0.05, 0.1) is 12.7 Å². The smallest absolute Gasteiger partial charge is 0.435 e. The second-order valence-corrected chi connectivity index (χ2v) is 10.4. The fraction of sp³-hybridized carbons (Fsp3) is 0.792. The van der Waals surface area contributed by atoms with Gasteiger partial charge in [0.2, 0.25) is 5.78 Å². The van der Waals surface area contributed by atoms with Gasteiger partial charge in [-0.15, -0.1) is 0 Å². The van der Waals surface area contributed by atoms with Gasteiger partial charge in [-0.25, -0.2) is 4.79 Å². The first kappa shape index (κ1) is 22.5. The van der Waals surface area contributed by atoms with Crippen LogP contribution in [0.4, 0.5) is 4.79 Å². The first-order valence-electron chi connectivity index (χ1n) is 11.5. The van der Waals surface area contributed by atoms with Crippen LogP contribution >= 0.6 is 0 Å². The van der Waals surface area contributed by atoms with Crippen LogP contribution in [0.1, 0.15) is 65.7 Å². The fourth-order valence-corrected chi connectivity index (χ4v) is 7.55. The van der Waals surface area contributed by atoms with Crippen LogP contribution < -0.4 is 0 Å². The number of Topliss-reactive ketones (excluding diaryl/α,β-unsaturated/α-hetero) is 1. The third-order valence-electron chi connectivity index (χ3n) is 9.09. The molecule has 7 nitrogen and oxygen atoms in total. The maximum Gasteiger partial charge on any atom is 0.508 e. The van der Waals surface area contributed by atoms with Gasteiger partial charge < -0.3 is 19.7 Å². The van der Waals surface area contributed by atoms with Gasteiger partial charge in [-0.3, -0.25) is 9.59 Å². The maximum atomic E-state index is 13.0. The quantitative estimate of drug-likeness (QED) is 0.655. The number of ketones is 2. The van der Waals surface area contributed by atoms with Crippen molar-refractivity contribution in [3.8, 4) is 0 Å². The third-order valence-corrected chi connectivity index (χ3v) is 9.09. The number of aliphatic hydroxyl groups excluding tert-OH is 1. The molecule has 2 N–H and O–H groups in total. The lowest BCUT2D eigenvalue weighted by atomic mass is 9.45. The highest BCUT2D eigenvalue weighted by Crippen LogP contribution is 2.67. The Morgan fingerprint density at radius 1 is 1.16 bits per heavy atom. The second-order valence-electron chi connectivity index (χ2n) is 10.4. The summed E-state index contributed by atoms with van der Waals surface area (Å²) in [6.07, 6.45) is 4.43. The molecule has 3 saturated carbocycles. The predicted octanol–water partition coefficient (Wildman–Crippen LogP) is 2.96. The monoisotopic (exact) mass is 434 g/mol. The number of carbonyl (C=O) groups excluding carboxylic acids is 3. The molecule has 0 radical (unpaired) electrons. The van der Waals surface area contributed by atoms with E-state index in [2.05, 4.69) is 6.92 Å². The van der Waals surface area contributed by atoms with E-state index in [1.54, 1.807) is 13.0 Å². The van der Waals surface area contributed by atoms with Crippen molar-refractivity contribution in [3.63, 3.8) is 0 Å². The molecular weight excluding hydrogens is 400 g/mol. The Morgan fingerprint density at radius 3 is 2.61 bits per heavy atom. The highest BCUT2D eigenvalue weighted by Gasteiger charge is 2.68. The first-order valence-corrected chi connectivity index (χ1v) is 11.5. The molecule has 0 spiro atoms. The average molecular weight is 435 g/mol. The Kier molecular flexibility index (Phi) is 5.58. The molecule has 4 aliphatic rings. The fourth-order valence-electron chi connectivity index (χ4n) is 7.55. The lowest BCUT2D eigenvalue weighted by molar-refractivity contribution is -0.182. The van der Waals surface area contributed by atoms with Gasteiger partial charge in [0.25, 0.3) is 0 Å². The number of carbonyl (C=O) groups is 3. The molecule has 0 saturated heterocycles. The molecule has 0 aromatic rings. The summed E-state index contributed by atoms with van der Waals surface area (Å²) in [5, 5.41) is 22.9. The lowest BCUT2D eigenvalue weighted by Gasteiger charge is -2.60. The molecule has 7 heteroatoms. The number of hydrogen-bond acceptors (Lipinski definition) is 7. The van der Waals surface area contributed by atoms with E-state index < -0.39 is 35.7 Å². The molecule has 31 heavy (non-hydrogen) atoms. The molecular formula is C24H34O7. The minimum absolute atomic E-state index is 0.0203. The van der Waals surface area contributed by atoms with Crippen molar-refractivity contribution in [2.75, 3.05) is 13.2 Å². The van der Waals surface area contributed by atoms with E-state index in [4.69, 9.17) is 9.47 Å². The van der Waals surface area contributed by atoms with Crippen LogP contribution in [0, 0.1) is 28.6 Å². The van der Waals surface area contributed by atoms with E-state index in [-0.39, 0.29) is 35.6 Å². The Labute approximate surface area is 183 Å². The Bertz CT molecular complexity index is 819. The Balaban J connectivity index is 1.59. The molecule has 4 aliphatic carbocycles. The minimum Gasteiger partial charge on any atom is -0.435 e. The molecule has 4 rings (SSSR count). The largest absolute Gasteiger partial charge is 0.508 e. The van der Waals surface area contributed by atoms with Crippen molar-refractivity contribution in [2.45, 2.75) is 77.4 Å². The Morgan fingerprint density at radius 2 is 1.90 bits per heavy atom. The molecule has 0 aromatic heterocycles. The molecule has 7 atom stereocenters. The van der Waals surface area contributed by atoms with Gasteiger partial charge in [0.1, 0.15) is 5.60 Å². The number of ether oxygens (including phenoxy) is 2. The zero-order valence-electron chi connectivity index (χ0n) is 18.7. The molecule has 0 amide bonds. The topological polar surface area (TPSA) is 110 Å². The van der Waals surface area contributed by atoms with Crippen LogP contribution in [0.5, 0.6) is 0 Å². The summed E-state index contributed by atoms with van der Waals surface area (Å²) >= 11 is 0. The summed E-state index contributed by atoms with van der Waals surface area (Å²) in [6.45, 7) is 5.34. The van der Waals surface area contributed by atoms with E-state index in [1.807, 2.05) is 6.92 Å². The van der Waals surface area contributed by atoms with Crippen LogP contribution in [-0.4, -0.2) is 52.9 Å². The summed E-state index contributed by atoms with van der Waals surface area (Å²) in [5.74, 6) is -0.0668. The molecule has 3 fully saturated rings. The Hall–Kier alpha value is -1.73. The van der Waals surface area contributed by atoms with Crippen LogP contribution in [0.25, 0.3) is 0 Å². The van der Waals surface area contributed by atoms with E-state index in [9.17, 15) is 24.6 Å². The average Bonchev–Trinajstić information content (AvgIpc) is 2.98. The second kappa shape index (κ2) is 7.69. The van der Waals surface area contributed by atoms with E-state index >= 15 is 0 Å². The molecule has 0 heterocycles. The lowest BCUT2D eigenvalue weighted by Crippen LogP contribution is -2.62. The van der Waals surface area contributed by atoms with Crippen LogP contribution in [0.15, 0.2) is 11.6 Å². The SMILES string of the molecule is CCOC(=O)OCC(=O)[C@]1(O)CC[C@H]2[C@@H]3CCC4=CC(=O)CC[C@]4(C)[C@H]3[C@H](O)C[C@@]21C. The molecule has 0 unspecified atom stereocenters.